The van der Waals surface area contributed by atoms with Gasteiger partial charge in [0.1, 0.15) is 12.0 Å². The first-order chi connectivity index (χ1) is 20.3. The summed E-state index contributed by atoms with van der Waals surface area (Å²) in [4.78, 5) is 29.8. The molecular weight excluding hydrogens is 618 g/mol. The van der Waals surface area contributed by atoms with Crippen LogP contribution < -0.4 is 5.56 Å². The number of halogens is 2. The topological polar surface area (TPSA) is 90.3 Å². The van der Waals surface area contributed by atoms with Gasteiger partial charge in [-0.1, -0.05) is 30.9 Å². The molecule has 1 saturated carbocycles. The molecular formula is C31H29BrClN7O2. The molecule has 0 spiro atoms. The quantitative estimate of drug-likeness (QED) is 0.247. The summed E-state index contributed by atoms with van der Waals surface area (Å²) >= 11 is 9.71. The smallest absolute Gasteiger partial charge is 0.261 e. The Morgan fingerprint density at radius 2 is 1.93 bits per heavy atom. The zero-order valence-corrected chi connectivity index (χ0v) is 25.6. The van der Waals surface area contributed by atoms with E-state index in [1.807, 2.05) is 58.4 Å². The highest BCUT2D eigenvalue weighted by atomic mass is 79.9. The standard InChI is InChI=1S/C31H29BrClN7O2/c1-18-12-24-27(16-38(18)30(41)21-8-11-25(32)26(33)14-21)40-29(22(15-35-40)13-19-4-3-5-19)39(31(24)42)23-9-6-20(7-10-23)28-36-34-17-37(28)2/h6-11,14-15,17-19H,3-5,12-13,16H2,1-2H3/t18-/m0/s1. The van der Waals surface area contributed by atoms with Gasteiger partial charge >= 0.3 is 0 Å². The van der Waals surface area contributed by atoms with Crippen molar-refractivity contribution in [2.75, 3.05) is 0 Å². The minimum absolute atomic E-state index is 0.0649. The number of carbonyl (C=O) groups is 1. The van der Waals surface area contributed by atoms with Crippen LogP contribution in [0.5, 0.6) is 0 Å². The summed E-state index contributed by atoms with van der Waals surface area (Å²) in [6, 6.07) is 12.9. The van der Waals surface area contributed by atoms with Crippen molar-refractivity contribution in [2.24, 2.45) is 13.0 Å². The van der Waals surface area contributed by atoms with Gasteiger partial charge in [-0.05, 0) is 84.1 Å². The average molecular weight is 647 g/mol. The number of aryl methyl sites for hydroxylation is 1. The minimum atomic E-state index is -0.186. The molecule has 2 aliphatic rings. The third kappa shape index (κ3) is 4.48. The first kappa shape index (κ1) is 27.1. The van der Waals surface area contributed by atoms with Crippen molar-refractivity contribution in [3.63, 3.8) is 0 Å². The van der Waals surface area contributed by atoms with Crippen LogP contribution >= 0.6 is 27.5 Å². The SMILES string of the molecule is C[C@H]1Cc2c(n3ncc(CC4CCC4)c3n(-c3ccc(-c4nncn4C)cc3)c2=O)CN1C(=O)c1ccc(Br)c(Cl)c1. The molecule has 0 saturated heterocycles. The third-order valence-corrected chi connectivity index (χ3v) is 9.93. The predicted octanol–water partition coefficient (Wildman–Crippen LogP) is 5.63. The zero-order chi connectivity index (χ0) is 29.1. The second-order valence-corrected chi connectivity index (χ2v) is 12.7. The van der Waals surface area contributed by atoms with Crippen LogP contribution in [-0.2, 0) is 26.4 Å². The molecule has 0 N–H and O–H groups in total. The fraction of sp³-hybridized carbons (Fsp3) is 0.323. The lowest BCUT2D eigenvalue weighted by Gasteiger charge is -2.35. The molecule has 11 heteroatoms. The highest BCUT2D eigenvalue weighted by Gasteiger charge is 2.34. The minimum Gasteiger partial charge on any atom is -0.330 e. The highest BCUT2D eigenvalue weighted by Crippen LogP contribution is 2.33. The van der Waals surface area contributed by atoms with Crippen molar-refractivity contribution < 1.29 is 4.79 Å². The van der Waals surface area contributed by atoms with Crippen LogP contribution in [0.3, 0.4) is 0 Å². The van der Waals surface area contributed by atoms with Crippen LogP contribution in [0.25, 0.3) is 22.7 Å². The molecule has 3 aromatic heterocycles. The largest absolute Gasteiger partial charge is 0.330 e. The van der Waals surface area contributed by atoms with Crippen molar-refractivity contribution in [3.8, 4) is 17.1 Å². The molecule has 1 fully saturated rings. The van der Waals surface area contributed by atoms with Crippen LogP contribution in [0, 0.1) is 5.92 Å². The van der Waals surface area contributed by atoms with E-state index < -0.39 is 0 Å². The van der Waals surface area contributed by atoms with Gasteiger partial charge in [0.05, 0.1) is 29.1 Å². The first-order valence-corrected chi connectivity index (χ1v) is 15.3. The first-order valence-electron chi connectivity index (χ1n) is 14.1. The number of aromatic nitrogens is 6. The predicted molar refractivity (Wildman–Crippen MR) is 164 cm³/mol. The molecule has 0 bridgehead atoms. The normalized spacial score (nSPS) is 17.0. The maximum Gasteiger partial charge on any atom is 0.261 e. The summed E-state index contributed by atoms with van der Waals surface area (Å²) in [5, 5.41) is 13.5. The lowest BCUT2D eigenvalue weighted by atomic mass is 9.81. The highest BCUT2D eigenvalue weighted by molar-refractivity contribution is 9.10. The molecule has 5 aromatic rings. The van der Waals surface area contributed by atoms with E-state index in [9.17, 15) is 9.59 Å². The van der Waals surface area contributed by atoms with Gasteiger partial charge in [-0.25, -0.2) is 4.52 Å². The van der Waals surface area contributed by atoms with Gasteiger partial charge in [-0.2, -0.15) is 5.10 Å². The number of amides is 1. The number of benzene rings is 2. The lowest BCUT2D eigenvalue weighted by molar-refractivity contribution is 0.0651. The van der Waals surface area contributed by atoms with E-state index in [0.717, 1.165) is 44.9 Å². The summed E-state index contributed by atoms with van der Waals surface area (Å²) in [5.74, 6) is 1.22. The zero-order valence-electron chi connectivity index (χ0n) is 23.3. The molecule has 0 radical (unpaired) electrons. The van der Waals surface area contributed by atoms with E-state index in [-0.39, 0.29) is 24.1 Å². The van der Waals surface area contributed by atoms with Crippen molar-refractivity contribution in [3.05, 3.63) is 97.2 Å². The molecule has 4 heterocycles. The number of nitrogens with zero attached hydrogens (tertiary/aromatic N) is 7. The second kappa shape index (κ2) is 10.5. The fourth-order valence-corrected chi connectivity index (χ4v) is 6.57. The molecule has 1 atom stereocenters. The average Bonchev–Trinajstić information content (AvgIpc) is 3.58. The molecule has 1 amide bonds. The molecule has 1 aliphatic heterocycles. The van der Waals surface area contributed by atoms with Gasteiger partial charge in [0.15, 0.2) is 5.82 Å². The summed E-state index contributed by atoms with van der Waals surface area (Å²) in [6.07, 6.45) is 8.48. The fourth-order valence-electron chi connectivity index (χ4n) is 6.15. The maximum absolute atomic E-state index is 14.4. The van der Waals surface area contributed by atoms with Crippen LogP contribution in [-0.4, -0.2) is 45.8 Å². The van der Waals surface area contributed by atoms with Crippen molar-refractivity contribution in [1.29, 1.82) is 0 Å². The van der Waals surface area contributed by atoms with E-state index in [4.69, 9.17) is 16.7 Å². The summed E-state index contributed by atoms with van der Waals surface area (Å²) in [7, 11) is 1.90. The number of hydrogen-bond acceptors (Lipinski definition) is 5. The van der Waals surface area contributed by atoms with Crippen LogP contribution in [0.1, 0.15) is 53.4 Å². The molecule has 42 heavy (non-hydrogen) atoms. The Balaban J connectivity index is 1.35. The molecule has 9 nitrogen and oxygen atoms in total. The Kier molecular flexibility index (Phi) is 6.78. The lowest BCUT2D eigenvalue weighted by Crippen LogP contribution is -2.46. The van der Waals surface area contributed by atoms with Gasteiger partial charge < -0.3 is 9.47 Å². The van der Waals surface area contributed by atoms with Gasteiger partial charge in [-0.3, -0.25) is 14.2 Å². The van der Waals surface area contributed by atoms with Gasteiger partial charge in [0, 0.05) is 39.8 Å². The number of carbonyl (C=O) groups excluding carboxylic acids is 1. The Morgan fingerprint density at radius 3 is 2.60 bits per heavy atom. The molecule has 0 unspecified atom stereocenters. The van der Waals surface area contributed by atoms with Crippen LogP contribution in [0.4, 0.5) is 0 Å². The van der Waals surface area contributed by atoms with Gasteiger partial charge in [0.2, 0.25) is 0 Å². The molecule has 2 aromatic carbocycles. The second-order valence-electron chi connectivity index (χ2n) is 11.4. The van der Waals surface area contributed by atoms with Crippen LogP contribution in [0.2, 0.25) is 5.02 Å². The number of hydrogen-bond donors (Lipinski definition) is 0. The maximum atomic E-state index is 14.4. The number of rotatable bonds is 5. The van der Waals surface area contributed by atoms with Gasteiger partial charge in [-0.15, -0.1) is 10.2 Å². The third-order valence-electron chi connectivity index (χ3n) is 8.70. The summed E-state index contributed by atoms with van der Waals surface area (Å²) in [5.41, 5.74) is 5.39. The molecule has 214 valence electrons. The molecule has 7 rings (SSSR count). The monoisotopic (exact) mass is 645 g/mol. The van der Waals surface area contributed by atoms with E-state index in [1.54, 1.807) is 29.1 Å². The Bertz CT molecular complexity index is 1910. The van der Waals surface area contributed by atoms with Crippen molar-refractivity contribution in [2.45, 2.75) is 51.6 Å². The van der Waals surface area contributed by atoms with Crippen LogP contribution in [0.15, 0.2) is 64.3 Å². The van der Waals surface area contributed by atoms with E-state index in [2.05, 4.69) is 26.1 Å². The Morgan fingerprint density at radius 1 is 1.14 bits per heavy atom. The molecule has 1 aliphatic carbocycles. The summed E-state index contributed by atoms with van der Waals surface area (Å²) < 4.78 is 6.30. The Labute approximate surface area is 255 Å². The van der Waals surface area contributed by atoms with Gasteiger partial charge in [0.25, 0.3) is 11.5 Å². The van der Waals surface area contributed by atoms with Crippen molar-refractivity contribution in [1.82, 2.24) is 33.8 Å². The summed E-state index contributed by atoms with van der Waals surface area (Å²) in [6.45, 7) is 2.27. The van der Waals surface area contributed by atoms with Crippen molar-refractivity contribution >= 4 is 39.1 Å². The Hall–Kier alpha value is -3.76. The number of fused-ring (bicyclic) bond motifs is 3. The van der Waals surface area contributed by atoms with E-state index in [1.165, 1.54) is 19.3 Å². The van der Waals surface area contributed by atoms with E-state index in [0.29, 0.717) is 28.5 Å². The van der Waals surface area contributed by atoms with E-state index >= 15 is 0 Å².